The average Bonchev–Trinajstić information content (AvgIpc) is 2.47. The predicted molar refractivity (Wildman–Crippen MR) is 51.1 cm³/mol. The minimum Gasteiger partial charge on any atom is -0.324 e. The Kier molecular flexibility index (Phi) is 1.89. The van der Waals surface area contributed by atoms with Crippen molar-refractivity contribution < 1.29 is 0 Å². The summed E-state index contributed by atoms with van der Waals surface area (Å²) in [4.78, 5) is 0. The smallest absolute Gasteiger partial charge is 0.0300 e. The molecule has 2 N–H and O–H groups in total. The molecule has 0 aromatic heterocycles. The van der Waals surface area contributed by atoms with E-state index in [9.17, 15) is 0 Å². The molecule has 12 heavy (non-hydrogen) atoms. The van der Waals surface area contributed by atoms with Gasteiger partial charge in [0.1, 0.15) is 0 Å². The summed E-state index contributed by atoms with van der Waals surface area (Å²) >= 11 is 0. The van der Waals surface area contributed by atoms with Gasteiger partial charge in [0.15, 0.2) is 0 Å². The number of nitrogens with two attached hydrogens (primary N) is 1. The highest BCUT2D eigenvalue weighted by Gasteiger charge is 2.18. The average molecular weight is 161 g/mol. The Balaban J connectivity index is 2.41. The number of rotatable bonds is 1. The third-order valence-corrected chi connectivity index (χ3v) is 2.74. The Bertz CT molecular complexity index is 291. The predicted octanol–water partition coefficient (Wildman–Crippen LogP) is 2.19. The maximum Gasteiger partial charge on any atom is 0.0300 e. The molecule has 0 heterocycles. The zero-order valence-corrected chi connectivity index (χ0v) is 7.51. The Morgan fingerprint density at radius 2 is 2.33 bits per heavy atom. The van der Waals surface area contributed by atoms with Gasteiger partial charge in [-0.3, -0.25) is 0 Å². The number of aryl methyl sites for hydroxylation is 2. The first-order valence-electron chi connectivity index (χ1n) is 4.68. The van der Waals surface area contributed by atoms with Crippen molar-refractivity contribution >= 4 is 0 Å². The fourth-order valence-electron chi connectivity index (χ4n) is 1.92. The van der Waals surface area contributed by atoms with Gasteiger partial charge in [-0.25, -0.2) is 0 Å². The molecular formula is C11H15N. The van der Waals surface area contributed by atoms with E-state index in [4.69, 9.17) is 5.73 Å². The van der Waals surface area contributed by atoms with Gasteiger partial charge < -0.3 is 5.73 Å². The standard InChI is InChI=1S/C11H15N/c1-2-8-3-5-10-9(7-8)4-6-11(10)12/h3,5,7,11H,2,4,6,12H2,1H3/t11-/m1/s1. The van der Waals surface area contributed by atoms with Crippen molar-refractivity contribution in [3.8, 4) is 0 Å². The summed E-state index contributed by atoms with van der Waals surface area (Å²) in [5.41, 5.74) is 10.2. The summed E-state index contributed by atoms with van der Waals surface area (Å²) in [6.07, 6.45) is 3.43. The van der Waals surface area contributed by atoms with Crippen molar-refractivity contribution in [2.75, 3.05) is 0 Å². The molecule has 64 valence electrons. The molecule has 0 bridgehead atoms. The van der Waals surface area contributed by atoms with Crippen LogP contribution in [0.4, 0.5) is 0 Å². The number of fused-ring (bicyclic) bond motifs is 1. The zero-order valence-electron chi connectivity index (χ0n) is 7.51. The normalized spacial score (nSPS) is 21.0. The molecule has 1 atom stereocenters. The molecule has 1 nitrogen and oxygen atoms in total. The van der Waals surface area contributed by atoms with E-state index in [0.717, 1.165) is 12.8 Å². The summed E-state index contributed by atoms with van der Waals surface area (Å²) in [5.74, 6) is 0. The van der Waals surface area contributed by atoms with Crippen molar-refractivity contribution in [1.29, 1.82) is 0 Å². The molecule has 0 fully saturated rings. The summed E-state index contributed by atoms with van der Waals surface area (Å²) < 4.78 is 0. The van der Waals surface area contributed by atoms with Crippen molar-refractivity contribution in [3.05, 3.63) is 34.9 Å². The molecular weight excluding hydrogens is 146 g/mol. The maximum atomic E-state index is 5.94. The Hall–Kier alpha value is -0.820. The van der Waals surface area contributed by atoms with Gasteiger partial charge in [-0.1, -0.05) is 25.1 Å². The first kappa shape index (κ1) is 7.81. The van der Waals surface area contributed by atoms with Gasteiger partial charge >= 0.3 is 0 Å². The summed E-state index contributed by atoms with van der Waals surface area (Å²) in [5, 5.41) is 0. The van der Waals surface area contributed by atoms with E-state index in [2.05, 4.69) is 25.1 Å². The van der Waals surface area contributed by atoms with Gasteiger partial charge in [0.05, 0.1) is 0 Å². The molecule has 1 aliphatic carbocycles. The molecule has 1 aliphatic rings. The summed E-state index contributed by atoms with van der Waals surface area (Å²) in [7, 11) is 0. The van der Waals surface area contributed by atoms with Gasteiger partial charge in [0, 0.05) is 6.04 Å². The molecule has 0 amide bonds. The van der Waals surface area contributed by atoms with Crippen LogP contribution >= 0.6 is 0 Å². The van der Waals surface area contributed by atoms with Crippen LogP contribution in [0.3, 0.4) is 0 Å². The SMILES string of the molecule is CCc1ccc2c(c1)CC[C@H]2N. The Morgan fingerprint density at radius 1 is 1.50 bits per heavy atom. The summed E-state index contributed by atoms with van der Waals surface area (Å²) in [6, 6.07) is 7.00. The van der Waals surface area contributed by atoms with Crippen LogP contribution in [0.25, 0.3) is 0 Å². The van der Waals surface area contributed by atoms with Crippen molar-refractivity contribution in [3.63, 3.8) is 0 Å². The van der Waals surface area contributed by atoms with Crippen molar-refractivity contribution in [2.45, 2.75) is 32.2 Å². The monoisotopic (exact) mass is 161 g/mol. The highest BCUT2D eigenvalue weighted by molar-refractivity contribution is 5.37. The molecule has 1 heteroatoms. The minimum absolute atomic E-state index is 0.297. The molecule has 1 aromatic carbocycles. The third-order valence-electron chi connectivity index (χ3n) is 2.74. The van der Waals surface area contributed by atoms with Crippen molar-refractivity contribution in [1.82, 2.24) is 0 Å². The second-order valence-corrected chi connectivity index (χ2v) is 3.53. The number of hydrogen-bond donors (Lipinski definition) is 1. The van der Waals surface area contributed by atoms with Gasteiger partial charge in [0.25, 0.3) is 0 Å². The largest absolute Gasteiger partial charge is 0.324 e. The van der Waals surface area contributed by atoms with E-state index in [1.807, 2.05) is 0 Å². The van der Waals surface area contributed by atoms with Crippen LogP contribution in [0.15, 0.2) is 18.2 Å². The van der Waals surface area contributed by atoms with E-state index in [1.54, 1.807) is 0 Å². The fourth-order valence-corrected chi connectivity index (χ4v) is 1.92. The molecule has 1 aromatic rings. The van der Waals surface area contributed by atoms with Gasteiger partial charge in [-0.2, -0.15) is 0 Å². The van der Waals surface area contributed by atoms with E-state index in [1.165, 1.54) is 23.1 Å². The Morgan fingerprint density at radius 3 is 3.08 bits per heavy atom. The van der Waals surface area contributed by atoms with E-state index in [-0.39, 0.29) is 0 Å². The summed E-state index contributed by atoms with van der Waals surface area (Å²) in [6.45, 7) is 2.19. The van der Waals surface area contributed by atoms with Crippen LogP contribution in [0.2, 0.25) is 0 Å². The third kappa shape index (κ3) is 1.14. The van der Waals surface area contributed by atoms with Crippen molar-refractivity contribution in [2.24, 2.45) is 5.73 Å². The van der Waals surface area contributed by atoms with Crippen LogP contribution in [-0.4, -0.2) is 0 Å². The zero-order chi connectivity index (χ0) is 8.55. The fraction of sp³-hybridized carbons (Fsp3) is 0.455. The van der Waals surface area contributed by atoms with Crippen LogP contribution < -0.4 is 5.73 Å². The van der Waals surface area contributed by atoms with Crippen LogP contribution in [0.1, 0.15) is 36.1 Å². The van der Waals surface area contributed by atoms with Gasteiger partial charge in [0.2, 0.25) is 0 Å². The second kappa shape index (κ2) is 2.91. The van der Waals surface area contributed by atoms with Crippen LogP contribution in [0, 0.1) is 0 Å². The number of benzene rings is 1. The van der Waals surface area contributed by atoms with Gasteiger partial charge in [-0.15, -0.1) is 0 Å². The second-order valence-electron chi connectivity index (χ2n) is 3.53. The Labute approximate surface area is 73.6 Å². The molecule has 0 aliphatic heterocycles. The lowest BCUT2D eigenvalue weighted by molar-refractivity contribution is 0.713. The molecule has 0 spiro atoms. The minimum atomic E-state index is 0.297. The highest BCUT2D eigenvalue weighted by Crippen LogP contribution is 2.29. The first-order valence-corrected chi connectivity index (χ1v) is 4.68. The van der Waals surface area contributed by atoms with E-state index >= 15 is 0 Å². The topological polar surface area (TPSA) is 26.0 Å². The van der Waals surface area contributed by atoms with E-state index < -0.39 is 0 Å². The maximum absolute atomic E-state index is 5.94. The lowest BCUT2D eigenvalue weighted by Crippen LogP contribution is -2.04. The lowest BCUT2D eigenvalue weighted by atomic mass is 10.0. The van der Waals surface area contributed by atoms with Crippen LogP contribution in [0.5, 0.6) is 0 Å². The molecule has 0 saturated carbocycles. The molecule has 2 rings (SSSR count). The number of hydrogen-bond acceptors (Lipinski definition) is 1. The first-order chi connectivity index (χ1) is 5.81. The highest BCUT2D eigenvalue weighted by atomic mass is 14.6. The lowest BCUT2D eigenvalue weighted by Gasteiger charge is -2.05. The van der Waals surface area contributed by atoms with Gasteiger partial charge in [-0.05, 0) is 36.0 Å². The van der Waals surface area contributed by atoms with E-state index in [0.29, 0.717) is 6.04 Å². The molecule has 0 saturated heterocycles. The molecule has 0 unspecified atom stereocenters. The van der Waals surface area contributed by atoms with Crippen LogP contribution in [-0.2, 0) is 12.8 Å². The molecule has 0 radical (unpaired) electrons. The quantitative estimate of drug-likeness (QED) is 0.671.